The third-order valence-corrected chi connectivity index (χ3v) is 3.94. The van der Waals surface area contributed by atoms with Gasteiger partial charge in [0.15, 0.2) is 0 Å². The van der Waals surface area contributed by atoms with Crippen LogP contribution in [0.1, 0.15) is 40.3 Å². The fourth-order valence-corrected chi connectivity index (χ4v) is 2.32. The molecule has 0 fully saturated rings. The Kier molecular flexibility index (Phi) is 5.15. The maximum absolute atomic E-state index is 12.4. The first-order chi connectivity index (χ1) is 10.8. The molecule has 2 rings (SSSR count). The molecule has 0 aliphatic carbocycles. The fraction of sp³-hybridized carbons (Fsp3) is 0.235. The van der Waals surface area contributed by atoms with E-state index in [-0.39, 0.29) is 11.6 Å². The Bertz CT molecular complexity index is 710. The van der Waals surface area contributed by atoms with Gasteiger partial charge in [-0.25, -0.2) is 4.79 Å². The quantitative estimate of drug-likeness (QED) is 0.831. The largest absolute Gasteiger partial charge is 0.465 e. The Morgan fingerprint density at radius 2 is 1.78 bits per heavy atom. The van der Waals surface area contributed by atoms with Crippen molar-refractivity contribution in [3.8, 4) is 0 Å². The van der Waals surface area contributed by atoms with Gasteiger partial charge in [-0.05, 0) is 43.7 Å². The zero-order chi connectivity index (χ0) is 17.0. The van der Waals surface area contributed by atoms with Crippen LogP contribution in [0.2, 0.25) is 0 Å². The lowest BCUT2D eigenvalue weighted by molar-refractivity contribution is 0.0599. The molecule has 0 saturated carbocycles. The van der Waals surface area contributed by atoms with Crippen molar-refractivity contribution in [2.24, 2.45) is 0 Å². The molecule has 1 aromatic heterocycles. The number of hydrogen-bond donors (Lipinski definition) is 1. The number of benzene rings is 1. The van der Waals surface area contributed by atoms with Crippen molar-refractivity contribution in [3.63, 3.8) is 0 Å². The summed E-state index contributed by atoms with van der Waals surface area (Å²) in [5.41, 5.74) is 0.958. The van der Waals surface area contributed by atoms with E-state index in [9.17, 15) is 9.59 Å². The lowest BCUT2D eigenvalue weighted by Crippen LogP contribution is -2.41. The summed E-state index contributed by atoms with van der Waals surface area (Å²) in [5.74, 6) is -0.797. The summed E-state index contributed by atoms with van der Waals surface area (Å²) in [5, 5.41) is 2.94. The van der Waals surface area contributed by atoms with E-state index in [1.54, 1.807) is 0 Å². The second-order valence-electron chi connectivity index (χ2n) is 5.51. The molecule has 0 atom stereocenters. The summed E-state index contributed by atoms with van der Waals surface area (Å²) in [7, 11) is 1.30. The Morgan fingerprint density at radius 3 is 2.30 bits per heavy atom. The van der Waals surface area contributed by atoms with Gasteiger partial charge in [-0.2, -0.15) is 0 Å². The van der Waals surface area contributed by atoms with Gasteiger partial charge in [0.25, 0.3) is 5.91 Å². The average molecular weight is 377 g/mol. The standard InChI is InChI=1S/C17H17BrN2O3/c1-17(2,12-5-7-13(18)8-6-12)20-15(21)14-9-4-11(10-19-14)16(22)23-3/h4-10H,1-3H3,(H,20,21). The Hall–Kier alpha value is -2.21. The maximum Gasteiger partial charge on any atom is 0.339 e. The molecule has 2 aromatic rings. The molecule has 1 amide bonds. The first kappa shape index (κ1) is 17.1. The molecular weight excluding hydrogens is 360 g/mol. The van der Waals surface area contributed by atoms with Crippen molar-refractivity contribution in [2.45, 2.75) is 19.4 Å². The van der Waals surface area contributed by atoms with E-state index in [2.05, 4.69) is 31.0 Å². The van der Waals surface area contributed by atoms with Crippen LogP contribution in [-0.4, -0.2) is 24.0 Å². The number of aromatic nitrogens is 1. The summed E-state index contributed by atoms with van der Waals surface area (Å²) in [6, 6.07) is 10.7. The highest BCUT2D eigenvalue weighted by atomic mass is 79.9. The highest BCUT2D eigenvalue weighted by Gasteiger charge is 2.24. The maximum atomic E-state index is 12.4. The van der Waals surface area contributed by atoms with Gasteiger partial charge in [0, 0.05) is 10.7 Å². The third kappa shape index (κ3) is 4.16. The van der Waals surface area contributed by atoms with Crippen LogP contribution in [0.4, 0.5) is 0 Å². The van der Waals surface area contributed by atoms with Gasteiger partial charge in [-0.1, -0.05) is 28.1 Å². The van der Waals surface area contributed by atoms with Crippen LogP contribution in [0.25, 0.3) is 0 Å². The molecule has 120 valence electrons. The molecule has 0 unspecified atom stereocenters. The number of nitrogens with one attached hydrogen (secondary N) is 1. The molecule has 1 aromatic carbocycles. The van der Waals surface area contributed by atoms with Crippen molar-refractivity contribution >= 4 is 27.8 Å². The molecule has 23 heavy (non-hydrogen) atoms. The number of hydrogen-bond acceptors (Lipinski definition) is 4. The molecule has 5 nitrogen and oxygen atoms in total. The predicted molar refractivity (Wildman–Crippen MR) is 90.2 cm³/mol. The number of nitrogens with zero attached hydrogens (tertiary/aromatic N) is 1. The predicted octanol–water partition coefficient (Wildman–Crippen LogP) is 3.30. The van der Waals surface area contributed by atoms with Gasteiger partial charge in [0.2, 0.25) is 0 Å². The summed E-state index contributed by atoms with van der Waals surface area (Å²) < 4.78 is 5.58. The number of pyridine rings is 1. The van der Waals surface area contributed by atoms with E-state index in [0.717, 1.165) is 10.0 Å². The van der Waals surface area contributed by atoms with Gasteiger partial charge in [-0.15, -0.1) is 0 Å². The molecule has 0 radical (unpaired) electrons. The molecule has 6 heteroatoms. The molecular formula is C17H17BrN2O3. The molecule has 0 aliphatic rings. The highest BCUT2D eigenvalue weighted by molar-refractivity contribution is 9.10. The Morgan fingerprint density at radius 1 is 1.13 bits per heavy atom. The third-order valence-electron chi connectivity index (χ3n) is 3.41. The minimum absolute atomic E-state index is 0.239. The number of carbonyl (C=O) groups is 2. The summed E-state index contributed by atoms with van der Waals surface area (Å²) in [6.07, 6.45) is 1.33. The topological polar surface area (TPSA) is 68.3 Å². The number of esters is 1. The van der Waals surface area contributed by atoms with Gasteiger partial charge in [-0.3, -0.25) is 9.78 Å². The van der Waals surface area contributed by atoms with Crippen molar-refractivity contribution in [1.29, 1.82) is 0 Å². The highest BCUT2D eigenvalue weighted by Crippen LogP contribution is 2.22. The Labute approximate surface area is 143 Å². The van der Waals surface area contributed by atoms with Gasteiger partial charge in [0.1, 0.15) is 5.69 Å². The van der Waals surface area contributed by atoms with Crippen LogP contribution in [0.15, 0.2) is 47.1 Å². The molecule has 0 saturated heterocycles. The van der Waals surface area contributed by atoms with E-state index in [0.29, 0.717) is 5.56 Å². The number of carbonyl (C=O) groups excluding carboxylic acids is 2. The molecule has 0 spiro atoms. The zero-order valence-corrected chi connectivity index (χ0v) is 14.7. The zero-order valence-electron chi connectivity index (χ0n) is 13.1. The molecule has 0 aliphatic heterocycles. The number of halogens is 1. The first-order valence-corrected chi connectivity index (χ1v) is 7.76. The monoisotopic (exact) mass is 376 g/mol. The van der Waals surface area contributed by atoms with Crippen LogP contribution in [0.5, 0.6) is 0 Å². The lowest BCUT2D eigenvalue weighted by atomic mass is 9.94. The van der Waals surface area contributed by atoms with Gasteiger partial charge < -0.3 is 10.1 Å². The van der Waals surface area contributed by atoms with Crippen molar-refractivity contribution < 1.29 is 14.3 Å². The van der Waals surface area contributed by atoms with E-state index >= 15 is 0 Å². The number of ether oxygens (including phenoxy) is 1. The van der Waals surface area contributed by atoms with Crippen LogP contribution in [-0.2, 0) is 10.3 Å². The van der Waals surface area contributed by atoms with E-state index < -0.39 is 11.5 Å². The first-order valence-electron chi connectivity index (χ1n) is 6.96. The molecule has 1 N–H and O–H groups in total. The summed E-state index contributed by atoms with van der Waals surface area (Å²) >= 11 is 3.39. The van der Waals surface area contributed by atoms with Crippen LogP contribution in [0.3, 0.4) is 0 Å². The summed E-state index contributed by atoms with van der Waals surface area (Å²) in [6.45, 7) is 3.83. The summed E-state index contributed by atoms with van der Waals surface area (Å²) in [4.78, 5) is 27.7. The minimum Gasteiger partial charge on any atom is -0.465 e. The number of methoxy groups -OCH3 is 1. The van der Waals surface area contributed by atoms with E-state index in [4.69, 9.17) is 0 Å². The van der Waals surface area contributed by atoms with Crippen LogP contribution in [0, 0.1) is 0 Å². The van der Waals surface area contributed by atoms with Gasteiger partial charge >= 0.3 is 5.97 Å². The van der Waals surface area contributed by atoms with Crippen LogP contribution >= 0.6 is 15.9 Å². The van der Waals surface area contributed by atoms with Gasteiger partial charge in [0.05, 0.1) is 18.2 Å². The lowest BCUT2D eigenvalue weighted by Gasteiger charge is -2.26. The SMILES string of the molecule is COC(=O)c1ccc(C(=O)NC(C)(C)c2ccc(Br)cc2)nc1. The smallest absolute Gasteiger partial charge is 0.339 e. The normalized spacial score (nSPS) is 11.0. The second kappa shape index (κ2) is 6.91. The number of rotatable bonds is 4. The second-order valence-corrected chi connectivity index (χ2v) is 6.43. The van der Waals surface area contributed by atoms with Crippen LogP contribution < -0.4 is 5.32 Å². The average Bonchev–Trinajstić information content (AvgIpc) is 2.54. The number of amides is 1. The van der Waals surface area contributed by atoms with Crippen molar-refractivity contribution in [1.82, 2.24) is 10.3 Å². The Balaban J connectivity index is 2.14. The van der Waals surface area contributed by atoms with E-state index in [1.807, 2.05) is 38.1 Å². The fourth-order valence-electron chi connectivity index (χ4n) is 2.05. The van der Waals surface area contributed by atoms with Crippen molar-refractivity contribution in [2.75, 3.05) is 7.11 Å². The molecule has 1 heterocycles. The minimum atomic E-state index is -0.555. The van der Waals surface area contributed by atoms with E-state index in [1.165, 1.54) is 25.4 Å². The molecule has 0 bridgehead atoms. The van der Waals surface area contributed by atoms with Crippen molar-refractivity contribution in [3.05, 3.63) is 63.9 Å².